The highest BCUT2D eigenvalue weighted by Crippen LogP contribution is 2.25. The molecule has 1 fully saturated rings. The molecule has 0 unspecified atom stereocenters. The van der Waals surface area contributed by atoms with E-state index in [1.165, 1.54) is 0 Å². The fraction of sp³-hybridized carbons (Fsp3) is 0.562. The van der Waals surface area contributed by atoms with Crippen LogP contribution in [0, 0.1) is 0 Å². The van der Waals surface area contributed by atoms with Crippen LogP contribution in [0.2, 0.25) is 0 Å². The van der Waals surface area contributed by atoms with E-state index in [1.54, 1.807) is 13.0 Å². The number of anilines is 2. The van der Waals surface area contributed by atoms with Crippen LogP contribution in [-0.2, 0) is 4.74 Å². The van der Waals surface area contributed by atoms with Crippen molar-refractivity contribution in [3.8, 4) is 0 Å². The van der Waals surface area contributed by atoms with E-state index in [-0.39, 0.29) is 5.97 Å². The van der Waals surface area contributed by atoms with Crippen LogP contribution in [0.3, 0.4) is 0 Å². The number of rotatable bonds is 4. The number of ether oxygens (including phenoxy) is 1. The number of nitrogens with two attached hydrogens (primary N) is 1. The number of carbonyl (C=O) groups excluding carboxylic acids is 1. The number of likely N-dealkylation sites (tertiary alicyclic amines) is 1. The van der Waals surface area contributed by atoms with E-state index in [0.717, 1.165) is 31.6 Å². The van der Waals surface area contributed by atoms with Crippen molar-refractivity contribution in [2.45, 2.75) is 25.8 Å². The number of carbonyl (C=O) groups is 1. The number of hydrogen-bond acceptors (Lipinski definition) is 5. The van der Waals surface area contributed by atoms with Crippen LogP contribution in [0.25, 0.3) is 0 Å². The van der Waals surface area contributed by atoms with E-state index >= 15 is 0 Å². The minimum atomic E-state index is -0.353. The number of esters is 1. The number of hydrogen-bond donors (Lipinski definition) is 1. The van der Waals surface area contributed by atoms with E-state index in [4.69, 9.17) is 10.5 Å². The Balaban J connectivity index is 2.16. The van der Waals surface area contributed by atoms with E-state index in [0.29, 0.717) is 23.9 Å². The monoisotopic (exact) mass is 291 g/mol. The molecule has 0 aromatic heterocycles. The van der Waals surface area contributed by atoms with Gasteiger partial charge in [-0.25, -0.2) is 4.79 Å². The van der Waals surface area contributed by atoms with Crippen LogP contribution in [0.1, 0.15) is 30.1 Å². The van der Waals surface area contributed by atoms with Crippen LogP contribution >= 0.6 is 0 Å². The number of nitrogen functional groups attached to an aromatic ring is 1. The normalized spacial score (nSPS) is 16.7. The summed E-state index contributed by atoms with van der Waals surface area (Å²) in [5, 5.41) is 0. The van der Waals surface area contributed by atoms with Crippen molar-refractivity contribution in [3.63, 3.8) is 0 Å². The maximum Gasteiger partial charge on any atom is 0.340 e. The molecular formula is C16H25N3O2. The fourth-order valence-corrected chi connectivity index (χ4v) is 2.74. The SMILES string of the molecule is CCOC(=O)c1cc(N(C)C2CCN(C)CC2)ccc1N. The molecule has 0 radical (unpaired) electrons. The Bertz CT molecular complexity index is 496. The van der Waals surface area contributed by atoms with Gasteiger partial charge in [0.1, 0.15) is 0 Å². The van der Waals surface area contributed by atoms with Crippen molar-refractivity contribution in [1.82, 2.24) is 4.90 Å². The quantitative estimate of drug-likeness (QED) is 0.679. The van der Waals surface area contributed by atoms with Crippen LogP contribution in [0.5, 0.6) is 0 Å². The second-order valence-corrected chi connectivity index (χ2v) is 5.64. The molecule has 5 nitrogen and oxygen atoms in total. The highest BCUT2D eigenvalue weighted by molar-refractivity contribution is 5.96. The minimum Gasteiger partial charge on any atom is -0.462 e. The van der Waals surface area contributed by atoms with Gasteiger partial charge in [-0.15, -0.1) is 0 Å². The zero-order valence-electron chi connectivity index (χ0n) is 13.1. The fourth-order valence-electron chi connectivity index (χ4n) is 2.74. The van der Waals surface area contributed by atoms with Crippen LogP contribution in [0.15, 0.2) is 18.2 Å². The molecule has 0 aliphatic carbocycles. The van der Waals surface area contributed by atoms with E-state index in [9.17, 15) is 4.79 Å². The number of nitrogens with zero attached hydrogens (tertiary/aromatic N) is 2. The van der Waals surface area contributed by atoms with Gasteiger partial charge in [-0.1, -0.05) is 0 Å². The molecule has 0 bridgehead atoms. The van der Waals surface area contributed by atoms with Crippen molar-refractivity contribution in [3.05, 3.63) is 23.8 Å². The lowest BCUT2D eigenvalue weighted by Crippen LogP contribution is -2.42. The molecule has 1 aliphatic heterocycles. The maximum absolute atomic E-state index is 11.9. The Morgan fingerprint density at radius 2 is 2.10 bits per heavy atom. The summed E-state index contributed by atoms with van der Waals surface area (Å²) >= 11 is 0. The van der Waals surface area contributed by atoms with Crippen molar-refractivity contribution in [2.24, 2.45) is 0 Å². The van der Waals surface area contributed by atoms with Crippen molar-refractivity contribution in [1.29, 1.82) is 0 Å². The third-order valence-electron chi connectivity index (χ3n) is 4.18. The molecule has 2 rings (SSSR count). The number of benzene rings is 1. The Kier molecular flexibility index (Phi) is 5.07. The zero-order valence-corrected chi connectivity index (χ0v) is 13.1. The van der Waals surface area contributed by atoms with Gasteiger partial charge in [-0.05, 0) is 58.1 Å². The van der Waals surface area contributed by atoms with E-state index in [1.807, 2.05) is 12.1 Å². The van der Waals surface area contributed by atoms with Gasteiger partial charge < -0.3 is 20.3 Å². The average molecular weight is 291 g/mol. The maximum atomic E-state index is 11.9. The van der Waals surface area contributed by atoms with Crippen LogP contribution in [0.4, 0.5) is 11.4 Å². The summed E-state index contributed by atoms with van der Waals surface area (Å²) < 4.78 is 5.06. The first-order valence-corrected chi connectivity index (χ1v) is 7.51. The second kappa shape index (κ2) is 6.80. The lowest BCUT2D eigenvalue weighted by atomic mass is 10.0. The summed E-state index contributed by atoms with van der Waals surface area (Å²) in [6.07, 6.45) is 2.26. The number of piperidine rings is 1. The second-order valence-electron chi connectivity index (χ2n) is 5.64. The smallest absolute Gasteiger partial charge is 0.340 e. The van der Waals surface area contributed by atoms with Gasteiger partial charge in [-0.2, -0.15) is 0 Å². The molecule has 5 heteroatoms. The molecule has 1 aromatic carbocycles. The molecule has 1 saturated heterocycles. The van der Waals surface area contributed by atoms with Gasteiger partial charge >= 0.3 is 5.97 Å². The van der Waals surface area contributed by atoms with Crippen molar-refractivity contribution >= 4 is 17.3 Å². The van der Waals surface area contributed by atoms with Gasteiger partial charge in [-0.3, -0.25) is 0 Å². The summed E-state index contributed by atoms with van der Waals surface area (Å²) in [7, 11) is 4.23. The van der Waals surface area contributed by atoms with Crippen LogP contribution in [-0.4, -0.2) is 50.7 Å². The Hall–Kier alpha value is -1.75. The molecule has 2 N–H and O–H groups in total. The largest absolute Gasteiger partial charge is 0.462 e. The Morgan fingerprint density at radius 1 is 1.43 bits per heavy atom. The molecule has 0 amide bonds. The highest BCUT2D eigenvalue weighted by Gasteiger charge is 2.22. The van der Waals surface area contributed by atoms with Gasteiger partial charge in [0, 0.05) is 24.5 Å². The minimum absolute atomic E-state index is 0.353. The lowest BCUT2D eigenvalue weighted by Gasteiger charge is -2.36. The predicted molar refractivity (Wildman–Crippen MR) is 85.7 cm³/mol. The standard InChI is InChI=1S/C16H25N3O2/c1-4-21-16(20)14-11-13(5-6-15(14)17)19(3)12-7-9-18(2)10-8-12/h5-6,11-12H,4,7-10,17H2,1-3H3. The first-order valence-electron chi connectivity index (χ1n) is 7.51. The van der Waals surface area contributed by atoms with E-state index in [2.05, 4.69) is 23.9 Å². The van der Waals surface area contributed by atoms with Crippen molar-refractivity contribution < 1.29 is 9.53 Å². The molecule has 1 aromatic rings. The molecule has 1 heterocycles. The molecule has 0 spiro atoms. The summed E-state index contributed by atoms with van der Waals surface area (Å²) in [6, 6.07) is 6.09. The summed E-state index contributed by atoms with van der Waals surface area (Å²) in [5.41, 5.74) is 7.83. The summed E-state index contributed by atoms with van der Waals surface area (Å²) in [5.74, 6) is -0.353. The van der Waals surface area contributed by atoms with Gasteiger partial charge in [0.15, 0.2) is 0 Å². The molecule has 0 atom stereocenters. The molecule has 116 valence electrons. The third-order valence-corrected chi connectivity index (χ3v) is 4.18. The average Bonchev–Trinajstić information content (AvgIpc) is 2.48. The Morgan fingerprint density at radius 3 is 2.71 bits per heavy atom. The molecular weight excluding hydrogens is 266 g/mol. The summed E-state index contributed by atoms with van der Waals surface area (Å²) in [4.78, 5) is 16.5. The van der Waals surface area contributed by atoms with E-state index < -0.39 is 0 Å². The molecule has 21 heavy (non-hydrogen) atoms. The topological polar surface area (TPSA) is 58.8 Å². The van der Waals surface area contributed by atoms with Crippen molar-refractivity contribution in [2.75, 3.05) is 44.4 Å². The van der Waals surface area contributed by atoms with Gasteiger partial charge in [0.05, 0.1) is 12.2 Å². The predicted octanol–water partition coefficient (Wildman–Crippen LogP) is 1.98. The Labute approximate surface area is 126 Å². The van der Waals surface area contributed by atoms with Gasteiger partial charge in [0.2, 0.25) is 0 Å². The van der Waals surface area contributed by atoms with Crippen LogP contribution < -0.4 is 10.6 Å². The van der Waals surface area contributed by atoms with Gasteiger partial charge in [0.25, 0.3) is 0 Å². The molecule has 1 aliphatic rings. The third kappa shape index (κ3) is 3.67. The summed E-state index contributed by atoms with van der Waals surface area (Å²) in [6.45, 7) is 4.36. The molecule has 0 saturated carbocycles. The lowest BCUT2D eigenvalue weighted by molar-refractivity contribution is 0.0527. The first kappa shape index (κ1) is 15.6. The highest BCUT2D eigenvalue weighted by atomic mass is 16.5. The zero-order chi connectivity index (χ0) is 15.4. The first-order chi connectivity index (χ1) is 10.0.